The second-order valence-corrected chi connectivity index (χ2v) is 7.64. The lowest BCUT2D eigenvalue weighted by Gasteiger charge is -2.19. The predicted octanol–water partition coefficient (Wildman–Crippen LogP) is 3.68. The third kappa shape index (κ3) is 3.04. The molecular formula is C21H17N2O4S-. The van der Waals surface area contributed by atoms with E-state index < -0.39 is 10.1 Å². The molecule has 1 aliphatic carbocycles. The highest BCUT2D eigenvalue weighted by atomic mass is 32.2. The highest BCUT2D eigenvalue weighted by Gasteiger charge is 2.20. The molecule has 0 unspecified atom stereocenters. The van der Waals surface area contributed by atoms with Crippen LogP contribution >= 0.6 is 0 Å². The Labute approximate surface area is 162 Å². The maximum atomic E-state index is 11.9. The number of hydrogen-bond donors (Lipinski definition) is 1. The van der Waals surface area contributed by atoms with Crippen molar-refractivity contribution in [1.82, 2.24) is 0 Å². The number of benzene rings is 3. The average molecular weight is 393 g/mol. The van der Waals surface area contributed by atoms with Crippen LogP contribution in [0.15, 0.2) is 75.0 Å². The first kappa shape index (κ1) is 18.2. The van der Waals surface area contributed by atoms with Gasteiger partial charge in [-0.2, -0.15) is 0 Å². The zero-order chi connectivity index (χ0) is 19.9. The van der Waals surface area contributed by atoms with Gasteiger partial charge in [-0.15, -0.1) is 0 Å². The summed E-state index contributed by atoms with van der Waals surface area (Å²) in [5, 5.41) is 4.50. The summed E-state index contributed by atoms with van der Waals surface area (Å²) in [6.45, 7) is 0. The SMILES string of the molecule is CN=c1ccc2c(-c3ccccc3S(=O)(=O)[O-])c3ccc(NC)cc3oc-2c1. The fraction of sp³-hybridized carbons (Fsp3) is 0.0952. The highest BCUT2D eigenvalue weighted by molar-refractivity contribution is 7.85. The molecule has 2 aromatic rings. The van der Waals surface area contributed by atoms with Gasteiger partial charge in [0.25, 0.3) is 0 Å². The zero-order valence-electron chi connectivity index (χ0n) is 15.3. The van der Waals surface area contributed by atoms with E-state index in [0.29, 0.717) is 33.4 Å². The monoisotopic (exact) mass is 393 g/mol. The number of anilines is 1. The van der Waals surface area contributed by atoms with Crippen molar-refractivity contribution < 1.29 is 17.4 Å². The molecule has 1 aliphatic heterocycles. The van der Waals surface area contributed by atoms with Gasteiger partial charge < -0.3 is 14.3 Å². The summed E-state index contributed by atoms with van der Waals surface area (Å²) in [5.41, 5.74) is 3.11. The minimum absolute atomic E-state index is 0.259. The first-order valence-corrected chi connectivity index (χ1v) is 9.99. The van der Waals surface area contributed by atoms with Gasteiger partial charge in [0.2, 0.25) is 0 Å². The predicted molar refractivity (Wildman–Crippen MR) is 107 cm³/mol. The van der Waals surface area contributed by atoms with Gasteiger partial charge in [0, 0.05) is 54.0 Å². The van der Waals surface area contributed by atoms with Gasteiger partial charge in [-0.05, 0) is 30.3 Å². The third-order valence-electron chi connectivity index (χ3n) is 4.68. The van der Waals surface area contributed by atoms with Gasteiger partial charge in [-0.1, -0.05) is 18.2 Å². The molecule has 0 radical (unpaired) electrons. The van der Waals surface area contributed by atoms with Crippen LogP contribution in [0, 0.1) is 0 Å². The first-order valence-electron chi connectivity index (χ1n) is 8.59. The average Bonchev–Trinajstić information content (AvgIpc) is 2.70. The summed E-state index contributed by atoms with van der Waals surface area (Å²) in [6, 6.07) is 17.2. The molecule has 7 heteroatoms. The van der Waals surface area contributed by atoms with Gasteiger partial charge in [0.15, 0.2) is 0 Å². The maximum Gasteiger partial charge on any atom is 0.137 e. The Kier molecular flexibility index (Phi) is 4.41. The highest BCUT2D eigenvalue weighted by Crippen LogP contribution is 2.42. The molecule has 0 fully saturated rings. The Balaban J connectivity index is 2.21. The summed E-state index contributed by atoms with van der Waals surface area (Å²) in [7, 11) is -1.17. The van der Waals surface area contributed by atoms with Crippen LogP contribution in [0.4, 0.5) is 5.69 Å². The van der Waals surface area contributed by atoms with Crippen molar-refractivity contribution >= 4 is 26.8 Å². The fourth-order valence-electron chi connectivity index (χ4n) is 3.35. The van der Waals surface area contributed by atoms with Crippen LogP contribution < -0.4 is 10.7 Å². The number of nitrogens with zero attached hydrogens (tertiary/aromatic N) is 1. The number of fused-ring (bicyclic) bond motifs is 2. The van der Waals surface area contributed by atoms with Crippen LogP contribution in [0.2, 0.25) is 0 Å². The Morgan fingerprint density at radius 3 is 2.50 bits per heavy atom. The molecule has 4 rings (SSSR count). The van der Waals surface area contributed by atoms with Gasteiger partial charge in [0.05, 0.1) is 10.3 Å². The Morgan fingerprint density at radius 2 is 1.79 bits per heavy atom. The number of nitrogens with one attached hydrogen (secondary N) is 1. The molecule has 2 aliphatic rings. The minimum Gasteiger partial charge on any atom is -0.744 e. The van der Waals surface area contributed by atoms with Crippen LogP contribution in [-0.4, -0.2) is 27.1 Å². The topological polar surface area (TPSA) is 94.7 Å². The van der Waals surface area contributed by atoms with Crippen LogP contribution in [0.3, 0.4) is 0 Å². The molecule has 6 nitrogen and oxygen atoms in total. The van der Waals surface area contributed by atoms with Crippen molar-refractivity contribution in [1.29, 1.82) is 0 Å². The molecule has 0 spiro atoms. The molecule has 2 aromatic carbocycles. The van der Waals surface area contributed by atoms with Crippen LogP contribution in [0.1, 0.15) is 0 Å². The van der Waals surface area contributed by atoms with Gasteiger partial charge in [-0.3, -0.25) is 4.99 Å². The minimum atomic E-state index is -4.66. The lowest BCUT2D eigenvalue weighted by molar-refractivity contribution is 0.463. The van der Waals surface area contributed by atoms with Crippen LogP contribution in [-0.2, 0) is 10.1 Å². The first-order chi connectivity index (χ1) is 13.4. The molecule has 0 saturated carbocycles. The van der Waals surface area contributed by atoms with Gasteiger partial charge in [-0.25, -0.2) is 8.42 Å². The van der Waals surface area contributed by atoms with Crippen LogP contribution in [0.5, 0.6) is 0 Å². The molecule has 142 valence electrons. The van der Waals surface area contributed by atoms with E-state index in [1.165, 1.54) is 6.07 Å². The van der Waals surface area contributed by atoms with Crippen molar-refractivity contribution in [3.05, 3.63) is 66.0 Å². The second-order valence-electron chi connectivity index (χ2n) is 6.29. The lowest BCUT2D eigenvalue weighted by atomic mass is 9.93. The zero-order valence-corrected chi connectivity index (χ0v) is 16.1. The molecule has 0 bridgehead atoms. The molecular weight excluding hydrogens is 376 g/mol. The lowest BCUT2D eigenvalue weighted by Crippen LogP contribution is -2.05. The molecule has 1 heterocycles. The normalized spacial score (nSPS) is 12.6. The quantitative estimate of drug-likeness (QED) is 0.423. The van der Waals surface area contributed by atoms with Gasteiger partial charge in [0.1, 0.15) is 21.5 Å². The standard InChI is InChI=1S/C21H18N2O4S/c1-22-13-7-9-15-18(11-13)27-19-12-14(23-2)8-10-16(19)21(15)17-5-3-4-6-20(17)28(24,25)26/h3-12,22H,1-2H3,(H,24,25,26)/p-1. The van der Waals surface area contributed by atoms with E-state index in [4.69, 9.17) is 4.42 Å². The summed E-state index contributed by atoms with van der Waals surface area (Å²) < 4.78 is 41.8. The summed E-state index contributed by atoms with van der Waals surface area (Å²) in [4.78, 5) is 3.92. The van der Waals surface area contributed by atoms with Gasteiger partial charge >= 0.3 is 0 Å². The fourth-order valence-corrected chi connectivity index (χ4v) is 4.04. The maximum absolute atomic E-state index is 11.9. The Bertz CT molecular complexity index is 1340. The Morgan fingerprint density at radius 1 is 1.00 bits per heavy atom. The van der Waals surface area contributed by atoms with E-state index >= 15 is 0 Å². The second kappa shape index (κ2) is 6.78. The summed E-state index contributed by atoms with van der Waals surface area (Å²) in [5.74, 6) is 0.553. The Hall–Kier alpha value is -3.16. The van der Waals surface area contributed by atoms with Crippen LogP contribution in [0.25, 0.3) is 33.4 Å². The van der Waals surface area contributed by atoms with E-state index in [1.807, 2.05) is 30.3 Å². The van der Waals surface area contributed by atoms with Crippen molar-refractivity contribution in [3.63, 3.8) is 0 Å². The van der Waals surface area contributed by atoms with E-state index in [1.54, 1.807) is 38.4 Å². The molecule has 1 N–H and O–H groups in total. The van der Waals surface area contributed by atoms with E-state index in [-0.39, 0.29) is 4.90 Å². The molecule has 0 aromatic heterocycles. The summed E-state index contributed by atoms with van der Waals surface area (Å²) >= 11 is 0. The van der Waals surface area contributed by atoms with E-state index in [9.17, 15) is 13.0 Å². The van der Waals surface area contributed by atoms with E-state index in [0.717, 1.165) is 11.0 Å². The van der Waals surface area contributed by atoms with Crippen molar-refractivity contribution in [2.24, 2.45) is 4.99 Å². The summed E-state index contributed by atoms with van der Waals surface area (Å²) in [6.07, 6.45) is 0. The smallest absolute Gasteiger partial charge is 0.137 e. The number of hydrogen-bond acceptors (Lipinski definition) is 6. The van der Waals surface area contributed by atoms with Crippen molar-refractivity contribution in [2.75, 3.05) is 19.4 Å². The van der Waals surface area contributed by atoms with Crippen molar-refractivity contribution in [2.45, 2.75) is 4.90 Å². The molecule has 0 saturated heterocycles. The molecule has 28 heavy (non-hydrogen) atoms. The van der Waals surface area contributed by atoms with Crippen molar-refractivity contribution in [3.8, 4) is 22.5 Å². The third-order valence-corrected chi connectivity index (χ3v) is 5.57. The molecule has 0 atom stereocenters. The molecule has 0 amide bonds. The van der Waals surface area contributed by atoms with E-state index in [2.05, 4.69) is 10.3 Å². The largest absolute Gasteiger partial charge is 0.744 e. The number of rotatable bonds is 3.